The molecule has 0 aliphatic heterocycles. The van der Waals surface area contributed by atoms with Crippen molar-refractivity contribution in [3.63, 3.8) is 0 Å². The van der Waals surface area contributed by atoms with E-state index in [2.05, 4.69) is 4.98 Å². The molecule has 0 aliphatic carbocycles. The van der Waals surface area contributed by atoms with E-state index in [4.69, 9.17) is 0 Å². The standard InChI is InChI=1S/C48H30F15N/c1-43(2,3)36-21-31(18-29-6-4-5-7-33(29)36)41-23-35(40(24-64-41)48(61,62)63)27-12-8-25(9-13-27)26-10-14-28(15-11-26)42-38(46(55,56)57)19-30(20-39(42)47(58,59)60)34-17-16-32(44(49,50)51)22-37(34)45(52,53)54/h4-24H,1-3H3. The van der Waals surface area contributed by atoms with Crippen LogP contribution in [-0.2, 0) is 36.3 Å². The van der Waals surface area contributed by atoms with Crippen LogP contribution in [0.25, 0.3) is 66.5 Å². The molecule has 332 valence electrons. The molecule has 0 radical (unpaired) electrons. The Morgan fingerprint density at radius 1 is 0.359 bits per heavy atom. The van der Waals surface area contributed by atoms with Crippen molar-refractivity contribution in [1.29, 1.82) is 0 Å². The van der Waals surface area contributed by atoms with Crippen molar-refractivity contribution in [2.24, 2.45) is 0 Å². The van der Waals surface area contributed by atoms with Gasteiger partial charge in [0.1, 0.15) is 0 Å². The highest BCUT2D eigenvalue weighted by atomic mass is 19.4. The fraction of sp³-hybridized carbons (Fsp3) is 0.188. The summed E-state index contributed by atoms with van der Waals surface area (Å²) in [6.45, 7) is 6.01. The van der Waals surface area contributed by atoms with Gasteiger partial charge in [0.15, 0.2) is 0 Å². The van der Waals surface area contributed by atoms with Gasteiger partial charge in [-0.3, -0.25) is 4.98 Å². The molecule has 0 fully saturated rings. The number of hydrogen-bond donors (Lipinski definition) is 0. The number of pyridine rings is 1. The minimum absolute atomic E-state index is 0.0122. The van der Waals surface area contributed by atoms with Crippen LogP contribution in [-0.4, -0.2) is 4.98 Å². The van der Waals surface area contributed by atoms with Gasteiger partial charge in [0.05, 0.1) is 33.5 Å². The highest BCUT2D eigenvalue weighted by Gasteiger charge is 2.44. The molecular weight excluding hydrogens is 876 g/mol. The van der Waals surface area contributed by atoms with Gasteiger partial charge in [-0.15, -0.1) is 0 Å². The number of fused-ring (bicyclic) bond motifs is 1. The van der Waals surface area contributed by atoms with E-state index >= 15 is 0 Å². The number of nitrogens with zero attached hydrogens (tertiary/aromatic N) is 1. The second-order valence-electron chi connectivity index (χ2n) is 16.0. The Morgan fingerprint density at radius 2 is 0.844 bits per heavy atom. The maximum absolute atomic E-state index is 14.6. The van der Waals surface area contributed by atoms with E-state index in [0.29, 0.717) is 11.1 Å². The molecule has 0 N–H and O–H groups in total. The van der Waals surface area contributed by atoms with E-state index in [1.54, 1.807) is 0 Å². The Hall–Kier alpha value is -6.32. The molecular formula is C48H30F15N. The number of alkyl halides is 15. The van der Waals surface area contributed by atoms with E-state index in [-0.39, 0.29) is 52.1 Å². The SMILES string of the molecule is CC(C)(C)c1cc(-c2cc(-c3ccc(-c4ccc(-c5c(C(F)(F)F)cc(-c6ccc(C(F)(F)F)cc6C(F)(F)F)cc5C(F)(F)F)cc4)cc3)c(C(F)(F)F)cn2)cc2ccccc12. The number of rotatable bonds is 5. The summed E-state index contributed by atoms with van der Waals surface area (Å²) in [6.07, 6.45) is -26.3. The molecule has 16 heteroatoms. The highest BCUT2D eigenvalue weighted by Crippen LogP contribution is 2.49. The molecule has 0 saturated carbocycles. The largest absolute Gasteiger partial charge is 0.418 e. The Bertz CT molecular complexity index is 2840. The first kappa shape index (κ1) is 45.7. The maximum atomic E-state index is 14.6. The summed E-state index contributed by atoms with van der Waals surface area (Å²) in [7, 11) is 0. The molecule has 1 nitrogen and oxygen atoms in total. The third-order valence-corrected chi connectivity index (χ3v) is 10.6. The molecule has 0 amide bonds. The van der Waals surface area contributed by atoms with E-state index < -0.39 is 87.0 Å². The van der Waals surface area contributed by atoms with Crippen LogP contribution in [0.1, 0.15) is 54.2 Å². The summed E-state index contributed by atoms with van der Waals surface area (Å²) in [5.41, 5.74) is -11.9. The molecule has 1 aromatic heterocycles. The molecule has 0 aliphatic rings. The summed E-state index contributed by atoms with van der Waals surface area (Å²) < 4.78 is 213. The summed E-state index contributed by atoms with van der Waals surface area (Å²) in [6, 6.07) is 22.1. The van der Waals surface area contributed by atoms with Crippen LogP contribution < -0.4 is 0 Å². The van der Waals surface area contributed by atoms with E-state index in [9.17, 15) is 65.9 Å². The maximum Gasteiger partial charge on any atom is 0.418 e. The van der Waals surface area contributed by atoms with Crippen LogP contribution in [0.4, 0.5) is 65.9 Å². The Morgan fingerprint density at radius 3 is 1.34 bits per heavy atom. The zero-order valence-corrected chi connectivity index (χ0v) is 33.2. The summed E-state index contributed by atoms with van der Waals surface area (Å²) in [5, 5.41) is 1.82. The molecule has 0 atom stereocenters. The smallest absolute Gasteiger partial charge is 0.256 e. The summed E-state index contributed by atoms with van der Waals surface area (Å²) in [5.74, 6) is 0. The first-order chi connectivity index (χ1) is 29.5. The van der Waals surface area contributed by atoms with Crippen LogP contribution in [0, 0.1) is 0 Å². The molecule has 1 heterocycles. The average Bonchev–Trinajstić information content (AvgIpc) is 3.20. The van der Waals surface area contributed by atoms with Gasteiger partial charge in [-0.05, 0) is 103 Å². The lowest BCUT2D eigenvalue weighted by molar-refractivity contribution is -0.143. The van der Waals surface area contributed by atoms with Crippen molar-refractivity contribution in [2.75, 3.05) is 0 Å². The fourth-order valence-electron chi connectivity index (χ4n) is 7.59. The van der Waals surface area contributed by atoms with Crippen molar-refractivity contribution >= 4 is 10.8 Å². The average molecular weight is 906 g/mol. The zero-order valence-electron chi connectivity index (χ0n) is 33.2. The summed E-state index contributed by atoms with van der Waals surface area (Å²) >= 11 is 0. The van der Waals surface area contributed by atoms with Gasteiger partial charge in [-0.25, -0.2) is 0 Å². The normalized spacial score (nSPS) is 13.2. The minimum atomic E-state index is -5.62. The van der Waals surface area contributed by atoms with Gasteiger partial charge < -0.3 is 0 Å². The van der Waals surface area contributed by atoms with Gasteiger partial charge in [-0.1, -0.05) is 99.6 Å². The lowest BCUT2D eigenvalue weighted by atomic mass is 9.82. The third-order valence-electron chi connectivity index (χ3n) is 10.6. The lowest BCUT2D eigenvalue weighted by Gasteiger charge is -2.23. The van der Waals surface area contributed by atoms with Crippen molar-refractivity contribution in [3.05, 3.63) is 161 Å². The van der Waals surface area contributed by atoms with Crippen molar-refractivity contribution in [3.8, 4) is 55.8 Å². The number of halogens is 15. The van der Waals surface area contributed by atoms with Gasteiger partial charge in [0.2, 0.25) is 0 Å². The number of aromatic nitrogens is 1. The predicted molar refractivity (Wildman–Crippen MR) is 213 cm³/mol. The Balaban J connectivity index is 1.29. The quantitative estimate of drug-likeness (QED) is 0.157. The van der Waals surface area contributed by atoms with Crippen LogP contribution in [0.15, 0.2) is 128 Å². The zero-order chi connectivity index (χ0) is 46.9. The molecule has 7 aromatic rings. The highest BCUT2D eigenvalue weighted by molar-refractivity contribution is 5.91. The van der Waals surface area contributed by atoms with Crippen molar-refractivity contribution in [1.82, 2.24) is 4.98 Å². The van der Waals surface area contributed by atoms with Crippen molar-refractivity contribution < 1.29 is 65.9 Å². The Kier molecular flexibility index (Phi) is 11.2. The van der Waals surface area contributed by atoms with E-state index in [1.807, 2.05) is 57.2 Å². The Labute approximate surface area is 354 Å². The van der Waals surface area contributed by atoms with Gasteiger partial charge in [-0.2, -0.15) is 65.9 Å². The second kappa shape index (κ2) is 15.7. The van der Waals surface area contributed by atoms with Crippen LogP contribution >= 0.6 is 0 Å². The van der Waals surface area contributed by atoms with Gasteiger partial charge >= 0.3 is 30.9 Å². The van der Waals surface area contributed by atoms with Crippen molar-refractivity contribution in [2.45, 2.75) is 57.1 Å². The van der Waals surface area contributed by atoms with Gasteiger partial charge in [0, 0.05) is 17.3 Å². The number of benzene rings is 6. The molecule has 0 spiro atoms. The molecule has 0 bridgehead atoms. The summed E-state index contributed by atoms with van der Waals surface area (Å²) in [4.78, 5) is 4.17. The molecule has 7 rings (SSSR count). The van der Waals surface area contributed by atoms with E-state index in [0.717, 1.165) is 46.8 Å². The number of hydrogen-bond acceptors (Lipinski definition) is 1. The first-order valence-corrected chi connectivity index (χ1v) is 19.0. The van der Waals surface area contributed by atoms with Crippen LogP contribution in [0.3, 0.4) is 0 Å². The lowest BCUT2D eigenvalue weighted by Crippen LogP contribution is -2.16. The third kappa shape index (κ3) is 9.18. The van der Waals surface area contributed by atoms with Crippen LogP contribution in [0.5, 0.6) is 0 Å². The molecule has 64 heavy (non-hydrogen) atoms. The van der Waals surface area contributed by atoms with Crippen LogP contribution in [0.2, 0.25) is 0 Å². The molecule has 0 saturated heterocycles. The molecule has 0 unspecified atom stereocenters. The minimum Gasteiger partial charge on any atom is -0.256 e. The molecule has 6 aromatic carbocycles. The van der Waals surface area contributed by atoms with E-state index in [1.165, 1.54) is 30.3 Å². The fourth-order valence-corrected chi connectivity index (χ4v) is 7.59. The van der Waals surface area contributed by atoms with Gasteiger partial charge in [0.25, 0.3) is 0 Å². The predicted octanol–water partition coefficient (Wildman–Crippen LogP) is 17.0. The second-order valence-corrected chi connectivity index (χ2v) is 16.0. The first-order valence-electron chi connectivity index (χ1n) is 19.0. The monoisotopic (exact) mass is 905 g/mol. The topological polar surface area (TPSA) is 12.9 Å².